The first-order valence-electron chi connectivity index (χ1n) is 9.11. The number of aromatic nitrogens is 4. The van der Waals surface area contributed by atoms with E-state index in [-0.39, 0.29) is 18.1 Å². The lowest BCUT2D eigenvalue weighted by Crippen LogP contribution is -2.25. The highest BCUT2D eigenvalue weighted by Gasteiger charge is 2.32. The van der Waals surface area contributed by atoms with Crippen molar-refractivity contribution in [1.82, 2.24) is 19.7 Å². The molecule has 0 fully saturated rings. The molecule has 152 valence electrons. The van der Waals surface area contributed by atoms with Gasteiger partial charge in [-0.1, -0.05) is 41.6 Å². The van der Waals surface area contributed by atoms with E-state index >= 15 is 0 Å². The molecular formula is C20H22N4O3S2. The Morgan fingerprint density at radius 3 is 2.55 bits per heavy atom. The molecule has 1 aromatic carbocycles. The summed E-state index contributed by atoms with van der Waals surface area (Å²) in [6.45, 7) is 5.78. The van der Waals surface area contributed by atoms with E-state index in [9.17, 15) is 9.59 Å². The number of carbonyl (C=O) groups is 2. The van der Waals surface area contributed by atoms with Crippen molar-refractivity contribution in [3.63, 3.8) is 0 Å². The van der Waals surface area contributed by atoms with Crippen LogP contribution in [0.5, 0.6) is 0 Å². The topological polar surface area (TPSA) is 87.0 Å². The second-order valence-corrected chi connectivity index (χ2v) is 8.33. The minimum absolute atomic E-state index is 0.0714. The number of hydrogen-bond donors (Lipinski definition) is 0. The highest BCUT2D eigenvalue weighted by atomic mass is 32.2. The zero-order chi connectivity index (χ0) is 21.0. The van der Waals surface area contributed by atoms with Gasteiger partial charge in [0.2, 0.25) is 0 Å². The normalized spacial score (nSPS) is 12.0. The number of Topliss-reactive ketones (excluding diaryl/α,β-unsaturated/α-hetero) is 1. The van der Waals surface area contributed by atoms with Crippen LogP contribution in [0.3, 0.4) is 0 Å². The van der Waals surface area contributed by atoms with Crippen molar-refractivity contribution >= 4 is 34.9 Å². The summed E-state index contributed by atoms with van der Waals surface area (Å²) in [6, 6.07) is 8.00. The number of ketones is 1. The van der Waals surface area contributed by atoms with Crippen LogP contribution >= 0.6 is 23.1 Å². The molecule has 3 aromatic rings. The molecule has 3 rings (SSSR count). The predicted molar refractivity (Wildman–Crippen MR) is 113 cm³/mol. The van der Waals surface area contributed by atoms with Gasteiger partial charge in [-0.15, -0.1) is 21.5 Å². The number of carbonyl (C=O) groups excluding carboxylic acids is 2. The van der Waals surface area contributed by atoms with E-state index in [1.165, 1.54) is 28.7 Å². The Morgan fingerprint density at radius 2 is 1.93 bits per heavy atom. The molecule has 0 aliphatic rings. The Bertz CT molecular complexity index is 1010. The molecular weight excluding hydrogens is 408 g/mol. The van der Waals surface area contributed by atoms with Crippen molar-refractivity contribution in [1.29, 1.82) is 0 Å². The molecule has 0 aliphatic carbocycles. The molecule has 0 amide bonds. The SMILES string of the molecule is CCOC(=O)[C@@H](C(=O)CSc1nnc(-c2ccc(C)cc2)n1C)c1nc(C)cs1. The number of rotatable bonds is 8. The van der Waals surface area contributed by atoms with Crippen LogP contribution in [0.2, 0.25) is 0 Å². The quantitative estimate of drug-likeness (QED) is 0.307. The molecule has 0 bridgehead atoms. The lowest BCUT2D eigenvalue weighted by atomic mass is 10.1. The number of ether oxygens (including phenoxy) is 1. The maximum absolute atomic E-state index is 12.9. The standard InChI is InChI=1S/C20H22N4O3S2/c1-5-27-19(26)16(18-21-13(3)10-28-18)15(25)11-29-20-23-22-17(24(20)4)14-8-6-12(2)7-9-14/h6-10,16H,5,11H2,1-4H3/t16-/m0/s1. The molecule has 1 atom stereocenters. The van der Waals surface area contributed by atoms with Crippen LogP contribution in [-0.4, -0.2) is 43.9 Å². The van der Waals surface area contributed by atoms with Gasteiger partial charge in [0.1, 0.15) is 5.01 Å². The first kappa shape index (κ1) is 21.2. The largest absolute Gasteiger partial charge is 0.465 e. The maximum Gasteiger partial charge on any atom is 0.323 e. The Balaban J connectivity index is 1.74. The maximum atomic E-state index is 12.9. The van der Waals surface area contributed by atoms with Crippen LogP contribution in [0, 0.1) is 13.8 Å². The summed E-state index contributed by atoms with van der Waals surface area (Å²) in [6.07, 6.45) is 0. The van der Waals surface area contributed by atoms with Crippen LogP contribution in [0.1, 0.15) is 29.1 Å². The number of hydrogen-bond acceptors (Lipinski definition) is 8. The van der Waals surface area contributed by atoms with Crippen LogP contribution in [0.15, 0.2) is 34.8 Å². The summed E-state index contributed by atoms with van der Waals surface area (Å²) in [7, 11) is 1.86. The van der Waals surface area contributed by atoms with Crippen LogP contribution < -0.4 is 0 Å². The van der Waals surface area contributed by atoms with Gasteiger partial charge in [0, 0.05) is 23.7 Å². The van der Waals surface area contributed by atoms with Crippen molar-refractivity contribution in [2.45, 2.75) is 31.8 Å². The van der Waals surface area contributed by atoms with E-state index in [0.717, 1.165) is 17.1 Å². The number of esters is 1. The molecule has 0 radical (unpaired) electrons. The Morgan fingerprint density at radius 1 is 1.21 bits per heavy atom. The summed E-state index contributed by atoms with van der Waals surface area (Å²) in [5, 5.41) is 11.3. The van der Waals surface area contributed by atoms with Crippen molar-refractivity contribution in [2.24, 2.45) is 7.05 Å². The first-order chi connectivity index (χ1) is 13.9. The van der Waals surface area contributed by atoms with Crippen molar-refractivity contribution < 1.29 is 14.3 Å². The van der Waals surface area contributed by atoms with Gasteiger partial charge in [-0.2, -0.15) is 0 Å². The summed E-state index contributed by atoms with van der Waals surface area (Å²) in [5.74, 6) is -1.04. The number of aryl methyl sites for hydroxylation is 2. The second-order valence-electron chi connectivity index (χ2n) is 6.50. The van der Waals surface area contributed by atoms with Gasteiger partial charge in [-0.25, -0.2) is 4.98 Å². The zero-order valence-electron chi connectivity index (χ0n) is 16.7. The van der Waals surface area contributed by atoms with Crippen molar-refractivity contribution in [3.8, 4) is 11.4 Å². The van der Waals surface area contributed by atoms with Gasteiger partial charge in [-0.05, 0) is 20.8 Å². The minimum Gasteiger partial charge on any atom is -0.465 e. The summed E-state index contributed by atoms with van der Waals surface area (Å²) in [4.78, 5) is 29.5. The molecule has 7 nitrogen and oxygen atoms in total. The third-order valence-electron chi connectivity index (χ3n) is 4.22. The lowest BCUT2D eigenvalue weighted by molar-refractivity contribution is -0.147. The van der Waals surface area contributed by atoms with Crippen LogP contribution in [0.4, 0.5) is 0 Å². The molecule has 0 unspecified atom stereocenters. The fourth-order valence-corrected chi connectivity index (χ4v) is 4.44. The average molecular weight is 431 g/mol. The smallest absolute Gasteiger partial charge is 0.323 e. The van der Waals surface area contributed by atoms with Gasteiger partial charge >= 0.3 is 5.97 Å². The Labute approximate surface area is 177 Å². The summed E-state index contributed by atoms with van der Waals surface area (Å²) >= 11 is 2.54. The van der Waals surface area contributed by atoms with E-state index in [0.29, 0.717) is 10.2 Å². The molecule has 0 saturated carbocycles. The van der Waals surface area contributed by atoms with Crippen LogP contribution in [-0.2, 0) is 21.4 Å². The molecule has 29 heavy (non-hydrogen) atoms. The van der Waals surface area contributed by atoms with Gasteiger partial charge in [0.15, 0.2) is 22.7 Å². The van der Waals surface area contributed by atoms with Gasteiger partial charge in [0.05, 0.1) is 12.4 Å². The molecule has 2 aromatic heterocycles. The van der Waals surface area contributed by atoms with E-state index in [1.807, 2.05) is 55.1 Å². The second kappa shape index (κ2) is 9.32. The number of benzene rings is 1. The molecule has 0 saturated heterocycles. The Hall–Kier alpha value is -2.52. The molecule has 0 spiro atoms. The van der Waals surface area contributed by atoms with Crippen molar-refractivity contribution in [2.75, 3.05) is 12.4 Å². The van der Waals surface area contributed by atoms with Gasteiger partial charge < -0.3 is 9.30 Å². The fourth-order valence-electron chi connectivity index (χ4n) is 2.71. The lowest BCUT2D eigenvalue weighted by Gasteiger charge is -2.12. The third kappa shape index (κ3) is 4.91. The van der Waals surface area contributed by atoms with Gasteiger partial charge in [-0.3, -0.25) is 9.59 Å². The average Bonchev–Trinajstić information content (AvgIpc) is 3.27. The van der Waals surface area contributed by atoms with E-state index < -0.39 is 11.9 Å². The van der Waals surface area contributed by atoms with Gasteiger partial charge in [0.25, 0.3) is 0 Å². The number of nitrogens with zero attached hydrogens (tertiary/aromatic N) is 4. The molecule has 2 heterocycles. The number of thioether (sulfide) groups is 1. The van der Waals surface area contributed by atoms with Crippen LogP contribution in [0.25, 0.3) is 11.4 Å². The van der Waals surface area contributed by atoms with E-state index in [1.54, 1.807) is 6.92 Å². The van der Waals surface area contributed by atoms with E-state index in [2.05, 4.69) is 15.2 Å². The molecule has 0 aliphatic heterocycles. The van der Waals surface area contributed by atoms with E-state index in [4.69, 9.17) is 4.74 Å². The highest BCUT2D eigenvalue weighted by molar-refractivity contribution is 7.99. The molecule has 9 heteroatoms. The highest BCUT2D eigenvalue weighted by Crippen LogP contribution is 2.27. The fraction of sp³-hybridized carbons (Fsp3) is 0.350. The number of thiazole rings is 1. The minimum atomic E-state index is -1.01. The monoisotopic (exact) mass is 430 g/mol. The predicted octanol–water partition coefficient (Wildman–Crippen LogP) is 3.56. The van der Waals surface area contributed by atoms with Crippen molar-refractivity contribution in [3.05, 3.63) is 45.9 Å². The third-order valence-corrected chi connectivity index (χ3v) is 6.29. The summed E-state index contributed by atoms with van der Waals surface area (Å²) in [5.41, 5.74) is 2.89. The first-order valence-corrected chi connectivity index (χ1v) is 11.0. The Kier molecular flexibility index (Phi) is 6.81. The zero-order valence-corrected chi connectivity index (χ0v) is 18.3. The summed E-state index contributed by atoms with van der Waals surface area (Å²) < 4.78 is 6.94. The molecule has 0 N–H and O–H groups in total.